The lowest BCUT2D eigenvalue weighted by molar-refractivity contribution is -0.385. The Balaban J connectivity index is 1.37. The molecule has 2 fully saturated rings. The number of nitrogens with zero attached hydrogens (tertiary/aromatic N) is 4. The first-order chi connectivity index (χ1) is 20.8. The molecule has 0 aromatic heterocycles. The Kier molecular flexibility index (Phi) is 9.84. The van der Waals surface area contributed by atoms with E-state index in [4.69, 9.17) is 20.6 Å². The molecule has 0 saturated carbocycles. The number of esters is 1. The molecular formula is C28H32N6O9S. The number of nitro groups is 2. The Hall–Kier alpha value is -4.57. The average molecular weight is 629 g/mol. The van der Waals surface area contributed by atoms with Crippen molar-refractivity contribution >= 4 is 47.7 Å². The smallest absolute Gasteiger partial charge is 0.410 e. The number of ether oxygens (including phenoxy) is 2. The van der Waals surface area contributed by atoms with E-state index in [2.05, 4.69) is 12.6 Å². The Bertz CT molecular complexity index is 1450. The van der Waals surface area contributed by atoms with E-state index in [1.165, 1.54) is 65.3 Å². The van der Waals surface area contributed by atoms with Crippen molar-refractivity contribution in [2.75, 3.05) is 19.6 Å². The fraction of sp³-hybridized carbons (Fsp3) is 0.429. The summed E-state index contributed by atoms with van der Waals surface area (Å²) in [6, 6.07) is 10.2. The van der Waals surface area contributed by atoms with Crippen molar-refractivity contribution in [3.8, 4) is 0 Å². The zero-order valence-corrected chi connectivity index (χ0v) is 24.7. The van der Waals surface area contributed by atoms with Crippen molar-refractivity contribution in [3.63, 3.8) is 0 Å². The molecule has 4 atom stereocenters. The SMILES string of the molecule is CC(=N)C(N)(C(=O)OCc1ccc([N+](=O)[O-])cc1)[C@@H]1CCN(C(=O)[C@@H]2C[C@H](S)CN2C(=O)OCc2ccc([N+](=O)[O-])cc2)C1. The monoisotopic (exact) mass is 628 g/mol. The number of likely N-dealkylation sites (tertiary alicyclic amines) is 2. The van der Waals surface area contributed by atoms with Gasteiger partial charge in [0, 0.05) is 60.8 Å². The summed E-state index contributed by atoms with van der Waals surface area (Å²) >= 11 is 4.47. The highest BCUT2D eigenvalue weighted by atomic mass is 32.1. The molecule has 15 nitrogen and oxygen atoms in total. The van der Waals surface area contributed by atoms with Gasteiger partial charge in [0.1, 0.15) is 19.3 Å². The Morgan fingerprint density at radius 3 is 2.00 bits per heavy atom. The van der Waals surface area contributed by atoms with Gasteiger partial charge in [-0.25, -0.2) is 9.59 Å². The van der Waals surface area contributed by atoms with Crippen LogP contribution in [-0.4, -0.2) is 79.8 Å². The van der Waals surface area contributed by atoms with Gasteiger partial charge in [-0.05, 0) is 55.2 Å². The number of non-ortho nitro benzene ring substituents is 2. The molecule has 2 aromatic carbocycles. The van der Waals surface area contributed by atoms with Crippen LogP contribution in [0.5, 0.6) is 0 Å². The normalized spacial score (nSPS) is 20.9. The highest BCUT2D eigenvalue weighted by Gasteiger charge is 2.50. The largest absolute Gasteiger partial charge is 0.459 e. The second-order valence-electron chi connectivity index (χ2n) is 10.8. The lowest BCUT2D eigenvalue weighted by atomic mass is 9.80. The van der Waals surface area contributed by atoms with Gasteiger partial charge in [-0.2, -0.15) is 12.6 Å². The number of nitrogens with one attached hydrogen (secondary N) is 1. The molecular weight excluding hydrogens is 596 g/mol. The number of thiol groups is 1. The van der Waals surface area contributed by atoms with Crippen molar-refractivity contribution in [2.45, 2.75) is 49.8 Å². The van der Waals surface area contributed by atoms with Crippen molar-refractivity contribution in [1.29, 1.82) is 5.41 Å². The standard InChI is InChI=1S/C28H32N6O9S/c1-17(29)28(30,26(36)42-15-18-2-6-21(7-3-18)33(38)39)20-10-11-31(13-20)25(35)24-12-23(44)14-32(24)27(37)43-16-19-4-8-22(9-5-19)34(40)41/h2-9,20,23-24,29,44H,10-16,30H2,1H3/t20-,23+,24+,28?/m1/s1. The fourth-order valence-electron chi connectivity index (χ4n) is 5.34. The van der Waals surface area contributed by atoms with E-state index in [-0.39, 0.29) is 67.5 Å². The summed E-state index contributed by atoms with van der Waals surface area (Å²) in [6.07, 6.45) is -0.135. The van der Waals surface area contributed by atoms with E-state index in [9.17, 15) is 34.6 Å². The van der Waals surface area contributed by atoms with Crippen LogP contribution >= 0.6 is 12.6 Å². The van der Waals surface area contributed by atoms with Gasteiger partial charge in [-0.15, -0.1) is 0 Å². The fourth-order valence-corrected chi connectivity index (χ4v) is 5.72. The molecule has 0 radical (unpaired) electrons. The van der Waals surface area contributed by atoms with Crippen molar-refractivity contribution in [1.82, 2.24) is 9.80 Å². The van der Waals surface area contributed by atoms with Crippen molar-refractivity contribution < 1.29 is 33.7 Å². The molecule has 4 rings (SSSR count). The molecule has 2 amide bonds. The maximum Gasteiger partial charge on any atom is 0.410 e. The Morgan fingerprint density at radius 1 is 0.977 bits per heavy atom. The summed E-state index contributed by atoms with van der Waals surface area (Å²) in [6.45, 7) is 1.50. The van der Waals surface area contributed by atoms with Gasteiger partial charge in [0.15, 0.2) is 5.54 Å². The molecule has 44 heavy (non-hydrogen) atoms. The van der Waals surface area contributed by atoms with Gasteiger partial charge in [-0.1, -0.05) is 0 Å². The van der Waals surface area contributed by atoms with Gasteiger partial charge in [0.25, 0.3) is 11.4 Å². The number of hydrogen-bond donors (Lipinski definition) is 3. The number of benzene rings is 2. The molecule has 2 aliphatic heterocycles. The number of hydrogen-bond acceptors (Lipinski definition) is 12. The van der Waals surface area contributed by atoms with Gasteiger partial charge >= 0.3 is 12.1 Å². The molecule has 1 unspecified atom stereocenters. The second kappa shape index (κ2) is 13.4. The molecule has 0 aliphatic carbocycles. The van der Waals surface area contributed by atoms with Crippen LogP contribution in [-0.2, 0) is 32.3 Å². The Labute approximate surface area is 257 Å². The van der Waals surface area contributed by atoms with E-state index in [1.807, 2.05) is 0 Å². The second-order valence-corrected chi connectivity index (χ2v) is 11.5. The molecule has 16 heteroatoms. The number of nitro benzene ring substituents is 2. The third kappa shape index (κ3) is 6.97. The number of rotatable bonds is 10. The van der Waals surface area contributed by atoms with Crippen molar-refractivity contribution in [3.05, 3.63) is 79.9 Å². The highest BCUT2D eigenvalue weighted by molar-refractivity contribution is 7.81. The van der Waals surface area contributed by atoms with E-state index in [0.29, 0.717) is 17.5 Å². The number of carbonyl (C=O) groups excluding carboxylic acids is 3. The Morgan fingerprint density at radius 2 is 1.50 bits per heavy atom. The van der Waals surface area contributed by atoms with E-state index in [0.717, 1.165) is 0 Å². The predicted octanol–water partition coefficient (Wildman–Crippen LogP) is 2.84. The lowest BCUT2D eigenvalue weighted by Crippen LogP contribution is -2.60. The third-order valence-corrected chi connectivity index (χ3v) is 8.30. The van der Waals surface area contributed by atoms with Gasteiger partial charge < -0.3 is 25.5 Å². The molecule has 2 saturated heterocycles. The van der Waals surface area contributed by atoms with Crippen LogP contribution in [0.4, 0.5) is 16.2 Å². The first-order valence-electron chi connectivity index (χ1n) is 13.7. The zero-order valence-electron chi connectivity index (χ0n) is 23.8. The molecule has 0 spiro atoms. The molecule has 2 heterocycles. The van der Waals surface area contributed by atoms with Crippen LogP contribution in [0.1, 0.15) is 30.9 Å². The zero-order chi connectivity index (χ0) is 32.2. The van der Waals surface area contributed by atoms with Crippen LogP contribution < -0.4 is 5.73 Å². The number of carbonyl (C=O) groups is 3. The van der Waals surface area contributed by atoms with Crippen LogP contribution in [0.15, 0.2) is 48.5 Å². The molecule has 0 bridgehead atoms. The predicted molar refractivity (Wildman–Crippen MR) is 159 cm³/mol. The lowest BCUT2D eigenvalue weighted by Gasteiger charge is -2.33. The van der Waals surface area contributed by atoms with Gasteiger partial charge in [-0.3, -0.25) is 29.9 Å². The maximum atomic E-state index is 13.6. The van der Waals surface area contributed by atoms with Gasteiger partial charge in [0.2, 0.25) is 5.91 Å². The topological polar surface area (TPSA) is 212 Å². The maximum absolute atomic E-state index is 13.6. The van der Waals surface area contributed by atoms with Crippen LogP contribution in [0.25, 0.3) is 0 Å². The summed E-state index contributed by atoms with van der Waals surface area (Å²) in [5.74, 6) is -1.85. The molecule has 2 aliphatic rings. The highest BCUT2D eigenvalue weighted by Crippen LogP contribution is 2.32. The third-order valence-electron chi connectivity index (χ3n) is 7.93. The summed E-state index contributed by atoms with van der Waals surface area (Å²) in [4.78, 5) is 63.2. The first-order valence-corrected chi connectivity index (χ1v) is 14.2. The van der Waals surface area contributed by atoms with E-state index in [1.54, 1.807) is 0 Å². The summed E-state index contributed by atoms with van der Waals surface area (Å²) in [7, 11) is 0. The van der Waals surface area contributed by atoms with Gasteiger partial charge in [0.05, 0.1) is 9.85 Å². The summed E-state index contributed by atoms with van der Waals surface area (Å²) in [5, 5.41) is 29.7. The number of nitrogens with two attached hydrogens (primary N) is 1. The van der Waals surface area contributed by atoms with E-state index < -0.39 is 39.4 Å². The number of amides is 2. The first kappa shape index (κ1) is 32.3. The van der Waals surface area contributed by atoms with Crippen LogP contribution in [0.3, 0.4) is 0 Å². The molecule has 3 N–H and O–H groups in total. The minimum atomic E-state index is -1.82. The summed E-state index contributed by atoms with van der Waals surface area (Å²) < 4.78 is 10.8. The van der Waals surface area contributed by atoms with Crippen molar-refractivity contribution in [2.24, 2.45) is 11.7 Å². The van der Waals surface area contributed by atoms with Crippen LogP contribution in [0, 0.1) is 31.6 Å². The minimum absolute atomic E-state index is 0.0532. The summed E-state index contributed by atoms with van der Waals surface area (Å²) in [5.41, 5.74) is 5.37. The average Bonchev–Trinajstić information content (AvgIpc) is 3.66. The molecule has 234 valence electrons. The van der Waals surface area contributed by atoms with Crippen LogP contribution in [0.2, 0.25) is 0 Å². The minimum Gasteiger partial charge on any atom is -0.459 e. The molecule has 2 aromatic rings. The quantitative estimate of drug-likeness (QED) is 0.115. The van der Waals surface area contributed by atoms with E-state index >= 15 is 0 Å².